The number of aryl methyl sites for hydroxylation is 3. The summed E-state index contributed by atoms with van der Waals surface area (Å²) in [4.78, 5) is 6.12. The van der Waals surface area contributed by atoms with E-state index in [9.17, 15) is 59.4 Å². The molecule has 141 heavy (non-hydrogen) atoms. The molecule has 4 N–H and O–H groups in total. The van der Waals surface area contributed by atoms with Crippen LogP contribution in [0.5, 0.6) is 23.0 Å². The Morgan fingerprint density at radius 2 is 0.787 bits per heavy atom. The van der Waals surface area contributed by atoms with Gasteiger partial charge in [0.15, 0.2) is 34.5 Å². The van der Waals surface area contributed by atoms with Crippen LogP contribution in [-0.2, 0) is 169 Å². The number of aromatic hydroxyl groups is 4. The van der Waals surface area contributed by atoms with Crippen molar-refractivity contribution < 1.29 is 127 Å². The fraction of sp³-hybridized carbons (Fsp3) is 0.329. The van der Waals surface area contributed by atoms with Crippen LogP contribution in [0.3, 0.4) is 0 Å². The Hall–Kier alpha value is -10.5. The number of pyridine rings is 1. The summed E-state index contributed by atoms with van der Waals surface area (Å²) in [5, 5.41) is 123. The minimum Gasteiger partial charge on any atom is -0.507 e. The van der Waals surface area contributed by atoms with Crippen LogP contribution < -0.4 is 0 Å². The summed E-state index contributed by atoms with van der Waals surface area (Å²) in [6.45, 7) is 34.6. The summed E-state index contributed by atoms with van der Waals surface area (Å²) in [5.41, 5.74) is 0.103. The maximum Gasteiger partial charge on any atom is 1.00 e. The molecule has 8 aromatic heterocycles. The van der Waals surface area contributed by atoms with Gasteiger partial charge in [-0.15, -0.1) is 51.1 Å². The van der Waals surface area contributed by atoms with Crippen molar-refractivity contribution in [3.8, 4) is 40.8 Å². The summed E-state index contributed by atoms with van der Waals surface area (Å²) in [7, 11) is -11.7. The molecule has 13 aromatic rings. The van der Waals surface area contributed by atoms with Gasteiger partial charge >= 0.3 is 68.3 Å². The van der Waals surface area contributed by atoms with Gasteiger partial charge in [0, 0.05) is 72.7 Å². The van der Waals surface area contributed by atoms with E-state index >= 15 is 0 Å². The normalized spacial score (nSPS) is 12.2. The molecule has 56 heteroatoms. The summed E-state index contributed by atoms with van der Waals surface area (Å²) in [6, 6.07) is 31.7. The molecule has 0 spiro atoms. The maximum absolute atomic E-state index is 13.4. The van der Waals surface area contributed by atoms with Gasteiger partial charge in [0.2, 0.25) is 45.9 Å². The van der Waals surface area contributed by atoms with Gasteiger partial charge in [0.1, 0.15) is 71.0 Å². The van der Waals surface area contributed by atoms with E-state index in [0.29, 0.717) is 45.2 Å². The number of azo groups is 4. The third-order valence-electron chi connectivity index (χ3n) is 18.6. The molecule has 0 aliphatic rings. The number of halogens is 6. The molecular formula is C85H90Cl6Cu4N28O13S5. The molecule has 0 atom stereocenters. The van der Waals surface area contributed by atoms with Crippen molar-refractivity contribution in [3.63, 3.8) is 0 Å². The standard InChI is InChI=1S/C24H21Cl2N6O3S.C21H25Cl2N6O4S.C20H24Cl2N7O3S2.C20H20N9O3S.4Cu/c1-24(2,3)22-20(29-28-19-11-7-8-12-27-19)23(32(30-22)16-9-5-4-6-10-16)31-36(34,35)18-14-15(25)13-17(26)21(18)33;1-20(2,3)14-10-15(27-33-14)24-25-16-18(21(4,5)6)26-29(7)19(16)28-34(31,32)13-9-11(22)8-12(23)17(13)30;1-19(2,3)15-13(23-25-18-26-24-17(33-18)20(4,5)6)16(29(7)27-15)28-34(31,32)12-9-10(21)8-11(22)14(12)30;1-20(2,3)17-16(24-25-19-23-12(10-21)13(11-22)28(19)4)18(29(5)26-17)27-33(31,32)15-9-7-6-8-14(15)30;;;;/h4-14H,1-3H3,(H-,27,28,30,31,33);8-10H,1-7H3,(H-,24,26,27,28,30);8-9H,1-7H3,(H-,25,26,27,28,30);6-9H,1-5H3,(H-,23,25,26,27,30);;;;/q4*-1;4*+1. The van der Waals surface area contributed by atoms with E-state index in [1.165, 1.54) is 105 Å². The first kappa shape index (κ1) is 119. The number of nitriles is 2. The van der Waals surface area contributed by atoms with Crippen molar-refractivity contribution >= 4 is 190 Å². The minimum absolute atomic E-state index is 0. The summed E-state index contributed by atoms with van der Waals surface area (Å²) >= 11 is 36.9. The molecule has 0 bridgehead atoms. The average Bonchev–Trinajstić information content (AvgIpc) is 1.66. The van der Waals surface area contributed by atoms with Crippen LogP contribution in [0.15, 0.2) is 186 Å². The number of phenols is 4. The molecule has 8 heterocycles. The second kappa shape index (κ2) is 46.5. The van der Waals surface area contributed by atoms with Crippen molar-refractivity contribution in [1.29, 1.82) is 10.5 Å². The zero-order valence-electron chi connectivity index (χ0n) is 78.5. The Kier molecular flexibility index (Phi) is 39.3. The van der Waals surface area contributed by atoms with Crippen LogP contribution >= 0.6 is 80.9 Å². The number of hydrogen-bond acceptors (Lipinski definition) is 33. The molecule has 0 saturated heterocycles. The second-order valence-corrected chi connectivity index (χ2v) is 45.7. The smallest absolute Gasteiger partial charge is 0.507 e. The average molecular weight is 2340 g/mol. The number of benzene rings is 5. The van der Waals surface area contributed by atoms with E-state index in [-0.39, 0.29) is 183 Å². The van der Waals surface area contributed by atoms with E-state index in [0.717, 1.165) is 23.2 Å². The van der Waals surface area contributed by atoms with E-state index in [1.54, 1.807) is 54.7 Å². The van der Waals surface area contributed by atoms with Crippen molar-refractivity contribution in [2.75, 3.05) is 0 Å². The molecule has 0 radical (unpaired) electrons. The number of hydrogen-bond donors (Lipinski definition) is 4. The number of nitrogens with zero attached hydrogens (tertiary/aromatic N) is 28. The van der Waals surface area contributed by atoms with Gasteiger partial charge < -0.3 is 67.1 Å². The van der Waals surface area contributed by atoms with E-state index < -0.39 is 99.4 Å². The summed E-state index contributed by atoms with van der Waals surface area (Å²) in [5.74, 6) is -1.69. The number of aromatic nitrogens is 14. The molecule has 764 valence electrons. The maximum atomic E-state index is 13.4. The Morgan fingerprint density at radius 3 is 1.16 bits per heavy atom. The summed E-state index contributed by atoms with van der Waals surface area (Å²) in [6.07, 6.45) is 1.56. The van der Waals surface area contributed by atoms with Crippen LogP contribution in [-0.4, -0.2) is 123 Å². The molecule has 0 aliphatic heterocycles. The first-order chi connectivity index (χ1) is 63.4. The quantitative estimate of drug-likeness (QED) is 0.0383. The molecule has 5 aromatic carbocycles. The zero-order chi connectivity index (χ0) is 102. The first-order valence-corrected chi connectivity index (χ1v) is 49.1. The monoisotopic (exact) mass is 2330 g/mol. The van der Waals surface area contributed by atoms with Crippen LogP contribution in [0.4, 0.5) is 68.7 Å². The predicted octanol–water partition coefficient (Wildman–Crippen LogP) is 24.6. The SMILES string of the molecule is CC(C)(C)c1nn(-c2ccccc2)c([N-]S(=O)(=O)c2cc(Cl)cc(Cl)c2O)c1N=Nc1ccccn1.Cn1nc(C(C)(C)C)c(N=Nc2cc(C(C)(C)C)on2)c1[N-]S(=O)(=O)c1cc(Cl)cc(Cl)c1O.Cn1nc(C(C)(C)C)c(N=Nc2nc(C#N)c(C#N)n2C)c1[N-]S(=O)(=O)c1ccccc1O.Cn1nc(C(C)(C)C)c(N=Nc2nnc(C(C)(C)C)s2)c1[N-]S(=O)(=O)c1cc(Cl)cc(Cl)c1O.[Cu+].[Cu+].[Cu+].[Cu+]. The third-order valence-corrected chi connectivity index (χ3v) is 26.6. The number of rotatable bonds is 21. The van der Waals surface area contributed by atoms with Gasteiger partial charge in [-0.2, -0.15) is 15.5 Å². The predicted molar refractivity (Wildman–Crippen MR) is 519 cm³/mol. The summed E-state index contributed by atoms with van der Waals surface area (Å²) < 4.78 is 133. The first-order valence-electron chi connectivity index (χ1n) is 40.3. The van der Waals surface area contributed by atoms with Crippen molar-refractivity contribution in [3.05, 3.63) is 215 Å². The largest absolute Gasteiger partial charge is 1.00 e. The molecule has 0 unspecified atom stereocenters. The number of phenolic OH excluding ortho intramolecular Hbond substituents is 4. The zero-order valence-corrected chi connectivity index (χ0v) is 90.9. The topological polar surface area (TPSA) is 574 Å². The molecule has 41 nitrogen and oxygen atoms in total. The van der Waals surface area contributed by atoms with Gasteiger partial charge in [-0.05, 0) is 105 Å². The molecule has 0 amide bonds. The number of para-hydroxylation sites is 2. The third kappa shape index (κ3) is 28.8. The second-order valence-electron chi connectivity index (χ2n) is 36.0. The van der Waals surface area contributed by atoms with Gasteiger partial charge in [0.05, 0.1) is 37.8 Å². The van der Waals surface area contributed by atoms with Crippen molar-refractivity contribution in [2.45, 2.75) is 177 Å². The molecule has 0 saturated carbocycles. The van der Waals surface area contributed by atoms with Crippen LogP contribution in [0.25, 0.3) is 24.6 Å². The Morgan fingerprint density at radius 1 is 0.411 bits per heavy atom. The Labute approximate surface area is 890 Å². The Bertz CT molecular complexity index is 7280. The minimum atomic E-state index is -4.53. The van der Waals surface area contributed by atoms with Crippen LogP contribution in [0, 0.1) is 22.7 Å². The van der Waals surface area contributed by atoms with Gasteiger partial charge in [-0.3, -0.25) is 20.4 Å². The van der Waals surface area contributed by atoms with Crippen LogP contribution in [0.2, 0.25) is 30.1 Å². The van der Waals surface area contributed by atoms with Gasteiger partial charge in [0.25, 0.3) is 11.1 Å². The Balaban J connectivity index is 0.000000285. The van der Waals surface area contributed by atoms with Crippen LogP contribution in [0.1, 0.15) is 170 Å². The van der Waals surface area contributed by atoms with Crippen molar-refractivity contribution in [1.82, 2.24) is 69.0 Å². The van der Waals surface area contributed by atoms with E-state index in [2.05, 4.69) is 106 Å². The molecule has 0 aliphatic carbocycles. The fourth-order valence-corrected chi connectivity index (χ4v) is 18.9. The van der Waals surface area contributed by atoms with Gasteiger partial charge in [-0.1, -0.05) is 259 Å². The fourth-order valence-electron chi connectivity index (χ4n) is 11.8. The van der Waals surface area contributed by atoms with E-state index in [4.69, 9.17) is 79.4 Å². The van der Waals surface area contributed by atoms with Gasteiger partial charge in [-0.25, -0.2) is 38.7 Å². The number of sulfonamides is 4. The number of imidazole rings is 1. The van der Waals surface area contributed by atoms with Crippen molar-refractivity contribution in [2.24, 2.45) is 69.1 Å². The molecular weight excluding hydrogens is 2250 g/mol. The molecule has 13 rings (SSSR count). The van der Waals surface area contributed by atoms with E-state index in [1.807, 2.05) is 143 Å². The molecule has 0 fully saturated rings.